The van der Waals surface area contributed by atoms with Gasteiger partial charge in [0.05, 0.1) is 9.40 Å². The number of nitrogens with two attached hydrogens (primary N) is 1. The molecule has 0 aliphatic rings. The van der Waals surface area contributed by atoms with E-state index in [4.69, 9.17) is 10.6 Å². The maximum atomic E-state index is 13.1. The number of hydrazine groups is 1. The van der Waals surface area contributed by atoms with Gasteiger partial charge in [0.15, 0.2) is 0 Å². The number of benzene rings is 2. The van der Waals surface area contributed by atoms with Gasteiger partial charge in [-0.05, 0) is 51.8 Å². The van der Waals surface area contributed by atoms with Crippen LogP contribution >= 0.6 is 15.9 Å². The van der Waals surface area contributed by atoms with Gasteiger partial charge in [-0.1, -0.05) is 0 Å². The third-order valence-electron chi connectivity index (χ3n) is 2.71. The number of halogens is 2. The van der Waals surface area contributed by atoms with Gasteiger partial charge in [-0.3, -0.25) is 16.0 Å². The predicted octanol–water partition coefficient (Wildman–Crippen LogP) is 3.36. The van der Waals surface area contributed by atoms with Gasteiger partial charge in [-0.15, -0.1) is 0 Å². The summed E-state index contributed by atoms with van der Waals surface area (Å²) in [4.78, 5) is 10.2. The van der Waals surface area contributed by atoms with Gasteiger partial charge < -0.3 is 10.2 Å². The average Bonchev–Trinajstić information content (AvgIpc) is 2.48. The highest BCUT2D eigenvalue weighted by Crippen LogP contribution is 2.26. The van der Waals surface area contributed by atoms with E-state index >= 15 is 0 Å². The smallest absolute Gasteiger partial charge is 0.293 e. The Morgan fingerprint density at radius 1 is 1.33 bits per heavy atom. The van der Waals surface area contributed by atoms with Gasteiger partial charge in [0.25, 0.3) is 5.69 Å². The molecule has 0 radical (unpaired) electrons. The molecule has 2 rings (SSSR count). The molecule has 0 spiro atoms. The number of anilines is 1. The Balaban J connectivity index is 2.13. The molecule has 0 saturated heterocycles. The maximum absolute atomic E-state index is 13.1. The first-order valence-corrected chi connectivity index (χ1v) is 6.62. The van der Waals surface area contributed by atoms with Crippen LogP contribution in [0.4, 0.5) is 15.8 Å². The first-order chi connectivity index (χ1) is 10.0. The number of hydrogen-bond acceptors (Lipinski definition) is 5. The van der Waals surface area contributed by atoms with Crippen LogP contribution < -0.4 is 16.0 Å². The van der Waals surface area contributed by atoms with Gasteiger partial charge in [-0.2, -0.15) is 0 Å². The zero-order chi connectivity index (χ0) is 15.4. The van der Waals surface area contributed by atoms with Crippen LogP contribution in [-0.2, 0) is 6.61 Å². The van der Waals surface area contributed by atoms with E-state index in [1.807, 2.05) is 0 Å². The minimum absolute atomic E-state index is 0.120. The molecule has 21 heavy (non-hydrogen) atoms. The molecule has 0 aliphatic heterocycles. The summed E-state index contributed by atoms with van der Waals surface area (Å²) < 4.78 is 18.9. The number of nitrogens with one attached hydrogen (secondary N) is 1. The molecule has 0 bridgehead atoms. The van der Waals surface area contributed by atoms with E-state index < -0.39 is 4.92 Å². The summed E-state index contributed by atoms with van der Waals surface area (Å²) in [6, 6.07) is 8.71. The molecule has 0 atom stereocenters. The van der Waals surface area contributed by atoms with Crippen LogP contribution in [0.3, 0.4) is 0 Å². The van der Waals surface area contributed by atoms with Crippen molar-refractivity contribution in [3.63, 3.8) is 0 Å². The number of nitrogens with zero attached hydrogens (tertiary/aromatic N) is 1. The number of rotatable bonds is 5. The van der Waals surface area contributed by atoms with E-state index in [2.05, 4.69) is 21.4 Å². The molecule has 0 heterocycles. The van der Waals surface area contributed by atoms with Crippen molar-refractivity contribution < 1.29 is 14.1 Å². The first kappa shape index (κ1) is 15.2. The van der Waals surface area contributed by atoms with Gasteiger partial charge in [0.2, 0.25) is 0 Å². The highest BCUT2D eigenvalue weighted by Gasteiger charge is 2.13. The fourth-order valence-corrected chi connectivity index (χ4v) is 2.04. The van der Waals surface area contributed by atoms with Gasteiger partial charge in [0.1, 0.15) is 23.9 Å². The van der Waals surface area contributed by atoms with Gasteiger partial charge >= 0.3 is 0 Å². The number of hydrogen-bond donors (Lipinski definition) is 2. The standard InChI is InChI=1S/C13H11BrFN3O3/c14-10-6-9(2-3-11(10)15)21-7-8-1-4-13(18(19)20)12(5-8)17-16/h1-6,17H,7,16H2. The van der Waals surface area contributed by atoms with E-state index in [0.29, 0.717) is 15.8 Å². The monoisotopic (exact) mass is 355 g/mol. The molecule has 0 saturated carbocycles. The second-order valence-corrected chi connectivity index (χ2v) is 4.97. The minimum Gasteiger partial charge on any atom is -0.489 e. The van der Waals surface area contributed by atoms with Crippen molar-refractivity contribution in [2.45, 2.75) is 6.61 Å². The average molecular weight is 356 g/mol. The summed E-state index contributed by atoms with van der Waals surface area (Å²) in [5.41, 5.74) is 3.04. The third kappa shape index (κ3) is 3.67. The number of ether oxygens (including phenoxy) is 1. The lowest BCUT2D eigenvalue weighted by molar-refractivity contribution is -0.384. The highest BCUT2D eigenvalue weighted by atomic mass is 79.9. The second kappa shape index (κ2) is 6.51. The Hall–Kier alpha value is -2.19. The molecular formula is C13H11BrFN3O3. The normalized spacial score (nSPS) is 10.2. The van der Waals surface area contributed by atoms with Crippen LogP contribution in [0.2, 0.25) is 0 Å². The summed E-state index contributed by atoms with van der Waals surface area (Å²) in [5, 5.41) is 10.8. The lowest BCUT2D eigenvalue weighted by atomic mass is 10.2. The van der Waals surface area contributed by atoms with E-state index in [1.165, 1.54) is 30.3 Å². The Labute approximate surface area is 128 Å². The maximum Gasteiger partial charge on any atom is 0.293 e. The topological polar surface area (TPSA) is 90.4 Å². The van der Waals surface area contributed by atoms with Crippen LogP contribution in [0.25, 0.3) is 0 Å². The Bertz CT molecular complexity index is 682. The Morgan fingerprint density at radius 2 is 2.10 bits per heavy atom. The fraction of sp³-hybridized carbons (Fsp3) is 0.0769. The van der Waals surface area contributed by atoms with Crippen molar-refractivity contribution in [2.24, 2.45) is 5.84 Å². The third-order valence-corrected chi connectivity index (χ3v) is 3.32. The fourth-order valence-electron chi connectivity index (χ4n) is 1.68. The van der Waals surface area contributed by atoms with Crippen molar-refractivity contribution in [1.82, 2.24) is 0 Å². The van der Waals surface area contributed by atoms with E-state index in [-0.39, 0.29) is 23.8 Å². The minimum atomic E-state index is -0.531. The molecular weight excluding hydrogens is 345 g/mol. The van der Waals surface area contributed by atoms with Crippen molar-refractivity contribution in [3.05, 3.63) is 62.4 Å². The predicted molar refractivity (Wildman–Crippen MR) is 79.3 cm³/mol. The SMILES string of the molecule is NNc1cc(COc2ccc(F)c(Br)c2)ccc1[N+](=O)[O-]. The Morgan fingerprint density at radius 3 is 2.71 bits per heavy atom. The largest absolute Gasteiger partial charge is 0.489 e. The second-order valence-electron chi connectivity index (χ2n) is 4.12. The molecule has 110 valence electrons. The van der Waals surface area contributed by atoms with Gasteiger partial charge in [-0.25, -0.2) is 4.39 Å². The molecule has 0 unspecified atom stereocenters. The molecule has 3 N–H and O–H groups in total. The van der Waals surface area contributed by atoms with Crippen LogP contribution in [0.1, 0.15) is 5.56 Å². The van der Waals surface area contributed by atoms with Gasteiger partial charge in [0, 0.05) is 6.07 Å². The molecule has 0 amide bonds. The van der Waals surface area contributed by atoms with Crippen molar-refractivity contribution in [2.75, 3.05) is 5.43 Å². The molecule has 6 nitrogen and oxygen atoms in total. The first-order valence-electron chi connectivity index (χ1n) is 5.83. The number of nitro benzene ring substituents is 1. The van der Waals surface area contributed by atoms with E-state index in [9.17, 15) is 14.5 Å². The van der Waals surface area contributed by atoms with Crippen LogP contribution in [0, 0.1) is 15.9 Å². The lowest BCUT2D eigenvalue weighted by Gasteiger charge is -2.09. The molecule has 0 aliphatic carbocycles. The highest BCUT2D eigenvalue weighted by molar-refractivity contribution is 9.10. The molecule has 0 aromatic heterocycles. The van der Waals surface area contributed by atoms with Crippen LogP contribution in [-0.4, -0.2) is 4.92 Å². The summed E-state index contributed by atoms with van der Waals surface area (Å²) in [6.07, 6.45) is 0. The van der Waals surface area contributed by atoms with E-state index in [1.54, 1.807) is 6.07 Å². The zero-order valence-electron chi connectivity index (χ0n) is 10.7. The van der Waals surface area contributed by atoms with Crippen molar-refractivity contribution >= 4 is 27.3 Å². The molecule has 2 aromatic rings. The molecule has 0 fully saturated rings. The van der Waals surface area contributed by atoms with E-state index in [0.717, 1.165) is 0 Å². The Kier molecular flexibility index (Phi) is 4.71. The van der Waals surface area contributed by atoms with Crippen LogP contribution in [0.15, 0.2) is 40.9 Å². The van der Waals surface area contributed by atoms with Crippen molar-refractivity contribution in [1.29, 1.82) is 0 Å². The molecule has 2 aromatic carbocycles. The summed E-state index contributed by atoms with van der Waals surface area (Å²) >= 11 is 3.06. The van der Waals surface area contributed by atoms with Crippen LogP contribution in [0.5, 0.6) is 5.75 Å². The summed E-state index contributed by atoms with van der Waals surface area (Å²) in [7, 11) is 0. The number of nitro groups is 1. The number of nitrogen functional groups attached to an aromatic ring is 1. The molecule has 8 heteroatoms. The lowest BCUT2D eigenvalue weighted by Crippen LogP contribution is -2.09. The summed E-state index contributed by atoms with van der Waals surface area (Å²) in [5.74, 6) is 5.35. The zero-order valence-corrected chi connectivity index (χ0v) is 12.3. The quantitative estimate of drug-likeness (QED) is 0.487. The van der Waals surface area contributed by atoms with Crippen molar-refractivity contribution in [3.8, 4) is 5.75 Å². The summed E-state index contributed by atoms with van der Waals surface area (Å²) in [6.45, 7) is 0.171.